The molecule has 82 valence electrons. The summed E-state index contributed by atoms with van der Waals surface area (Å²) in [7, 11) is 1.90. The number of aromatic nitrogens is 2. The Balaban J connectivity index is 2.03. The summed E-state index contributed by atoms with van der Waals surface area (Å²) in [6.07, 6.45) is 4.01. The molecule has 0 saturated heterocycles. The highest BCUT2D eigenvalue weighted by Gasteiger charge is 2.21. The zero-order valence-electron chi connectivity index (χ0n) is 8.85. The monoisotopic (exact) mass is 208 g/mol. The summed E-state index contributed by atoms with van der Waals surface area (Å²) >= 11 is 0. The minimum Gasteiger partial charge on any atom is -0.395 e. The van der Waals surface area contributed by atoms with Gasteiger partial charge in [-0.15, -0.1) is 0 Å². The van der Waals surface area contributed by atoms with Gasteiger partial charge in [-0.05, 0) is 12.8 Å². The molecular formula is C10H16N4O. The number of aliphatic hydroxyl groups is 1. The number of hydrogen-bond donors (Lipinski definition) is 2. The number of hydrogen-bond acceptors (Lipinski definition) is 5. The second-order valence-corrected chi connectivity index (χ2v) is 3.83. The number of likely N-dealkylation sites (N-methyl/N-ethyl adjacent to an activating group) is 1. The molecule has 2 N–H and O–H groups in total. The molecule has 2 rings (SSSR count). The molecule has 1 aliphatic carbocycles. The molecule has 5 heteroatoms. The van der Waals surface area contributed by atoms with Crippen molar-refractivity contribution in [2.45, 2.75) is 18.9 Å². The molecular weight excluding hydrogens is 192 g/mol. The minimum absolute atomic E-state index is 0.131. The van der Waals surface area contributed by atoms with Crippen molar-refractivity contribution in [1.29, 1.82) is 0 Å². The summed E-state index contributed by atoms with van der Waals surface area (Å²) in [5.74, 6) is 1.70. The van der Waals surface area contributed by atoms with Crippen LogP contribution in [0.15, 0.2) is 12.4 Å². The highest BCUT2D eigenvalue weighted by atomic mass is 16.3. The highest BCUT2D eigenvalue weighted by Crippen LogP contribution is 2.24. The van der Waals surface area contributed by atoms with Crippen LogP contribution in [-0.2, 0) is 0 Å². The largest absolute Gasteiger partial charge is 0.395 e. The van der Waals surface area contributed by atoms with Crippen molar-refractivity contribution in [1.82, 2.24) is 9.97 Å². The van der Waals surface area contributed by atoms with E-state index in [0.717, 1.165) is 11.6 Å². The maximum Gasteiger partial charge on any atom is 0.133 e. The SMILES string of the molecule is CN(CCO)c1cc(NC2CC2)ncn1. The Morgan fingerprint density at radius 2 is 2.33 bits per heavy atom. The van der Waals surface area contributed by atoms with Crippen LogP contribution in [0.4, 0.5) is 11.6 Å². The number of nitrogens with zero attached hydrogens (tertiary/aromatic N) is 3. The summed E-state index contributed by atoms with van der Waals surface area (Å²) < 4.78 is 0. The van der Waals surface area contributed by atoms with Crippen LogP contribution in [0.1, 0.15) is 12.8 Å². The van der Waals surface area contributed by atoms with E-state index >= 15 is 0 Å². The maximum absolute atomic E-state index is 8.82. The summed E-state index contributed by atoms with van der Waals surface area (Å²) in [5.41, 5.74) is 0. The normalized spacial score (nSPS) is 15.1. The summed E-state index contributed by atoms with van der Waals surface area (Å²) in [4.78, 5) is 10.2. The molecule has 1 aliphatic rings. The van der Waals surface area contributed by atoms with Gasteiger partial charge in [0.05, 0.1) is 6.61 Å². The number of nitrogens with one attached hydrogen (secondary N) is 1. The Bertz CT molecular complexity index is 327. The molecule has 0 unspecified atom stereocenters. The third-order valence-electron chi connectivity index (χ3n) is 2.41. The Hall–Kier alpha value is -1.36. The van der Waals surface area contributed by atoms with Crippen molar-refractivity contribution in [2.24, 2.45) is 0 Å². The van der Waals surface area contributed by atoms with Gasteiger partial charge in [-0.25, -0.2) is 9.97 Å². The van der Waals surface area contributed by atoms with E-state index in [-0.39, 0.29) is 6.61 Å². The first-order valence-corrected chi connectivity index (χ1v) is 5.20. The molecule has 0 aromatic carbocycles. The quantitative estimate of drug-likeness (QED) is 0.737. The molecule has 1 aromatic rings. The lowest BCUT2D eigenvalue weighted by atomic mass is 10.4. The lowest BCUT2D eigenvalue weighted by Gasteiger charge is -2.16. The number of aliphatic hydroxyl groups excluding tert-OH is 1. The van der Waals surface area contributed by atoms with E-state index < -0.39 is 0 Å². The average Bonchev–Trinajstić information content (AvgIpc) is 3.03. The minimum atomic E-state index is 0.131. The summed E-state index contributed by atoms with van der Waals surface area (Å²) in [6, 6.07) is 2.50. The van der Waals surface area contributed by atoms with Crippen LogP contribution >= 0.6 is 0 Å². The predicted octanol–water partition coefficient (Wildman–Crippen LogP) is 0.479. The van der Waals surface area contributed by atoms with E-state index in [1.54, 1.807) is 6.33 Å². The van der Waals surface area contributed by atoms with Gasteiger partial charge in [0.1, 0.15) is 18.0 Å². The van der Waals surface area contributed by atoms with Crippen LogP contribution in [0, 0.1) is 0 Å². The highest BCUT2D eigenvalue weighted by molar-refractivity contribution is 5.48. The standard InChI is InChI=1S/C10H16N4O/c1-14(4-5-15)10-6-9(11-7-12-10)13-8-2-3-8/h6-8,15H,2-5H2,1H3,(H,11,12,13). The smallest absolute Gasteiger partial charge is 0.133 e. The second-order valence-electron chi connectivity index (χ2n) is 3.83. The fourth-order valence-corrected chi connectivity index (χ4v) is 1.34. The first kappa shape index (κ1) is 10.2. The molecule has 0 radical (unpaired) electrons. The van der Waals surface area contributed by atoms with Crippen LogP contribution in [-0.4, -0.2) is 41.3 Å². The van der Waals surface area contributed by atoms with Crippen molar-refractivity contribution < 1.29 is 5.11 Å². The molecule has 1 saturated carbocycles. The van der Waals surface area contributed by atoms with Crippen LogP contribution in [0.25, 0.3) is 0 Å². The van der Waals surface area contributed by atoms with Crippen molar-refractivity contribution in [3.63, 3.8) is 0 Å². The van der Waals surface area contributed by atoms with E-state index in [0.29, 0.717) is 12.6 Å². The Morgan fingerprint density at radius 1 is 1.53 bits per heavy atom. The molecule has 0 spiro atoms. The molecule has 0 amide bonds. The van der Waals surface area contributed by atoms with Gasteiger partial charge in [-0.1, -0.05) is 0 Å². The molecule has 15 heavy (non-hydrogen) atoms. The van der Waals surface area contributed by atoms with Gasteiger partial charge in [0.15, 0.2) is 0 Å². The third-order valence-corrected chi connectivity index (χ3v) is 2.41. The molecule has 0 atom stereocenters. The van der Waals surface area contributed by atoms with Gasteiger partial charge in [0.2, 0.25) is 0 Å². The molecule has 0 aliphatic heterocycles. The fourth-order valence-electron chi connectivity index (χ4n) is 1.34. The Kier molecular flexibility index (Phi) is 3.01. The van der Waals surface area contributed by atoms with Crippen LogP contribution in [0.3, 0.4) is 0 Å². The van der Waals surface area contributed by atoms with E-state index in [9.17, 15) is 0 Å². The first-order chi connectivity index (χ1) is 7.29. The molecule has 1 heterocycles. The lowest BCUT2D eigenvalue weighted by molar-refractivity contribution is 0.304. The van der Waals surface area contributed by atoms with Crippen molar-refractivity contribution in [3.8, 4) is 0 Å². The first-order valence-electron chi connectivity index (χ1n) is 5.20. The van der Waals surface area contributed by atoms with Crippen molar-refractivity contribution >= 4 is 11.6 Å². The Labute approximate surface area is 89.2 Å². The number of anilines is 2. The van der Waals surface area contributed by atoms with Crippen molar-refractivity contribution in [2.75, 3.05) is 30.4 Å². The lowest BCUT2D eigenvalue weighted by Crippen LogP contribution is -2.22. The van der Waals surface area contributed by atoms with E-state index in [1.165, 1.54) is 12.8 Å². The predicted molar refractivity (Wildman–Crippen MR) is 59.0 cm³/mol. The second kappa shape index (κ2) is 4.44. The summed E-state index contributed by atoms with van der Waals surface area (Å²) in [6.45, 7) is 0.714. The fraction of sp³-hybridized carbons (Fsp3) is 0.600. The van der Waals surface area contributed by atoms with Gasteiger partial charge < -0.3 is 15.3 Å². The molecule has 1 aromatic heterocycles. The molecule has 5 nitrogen and oxygen atoms in total. The van der Waals surface area contributed by atoms with Gasteiger partial charge in [-0.2, -0.15) is 0 Å². The van der Waals surface area contributed by atoms with Crippen molar-refractivity contribution in [3.05, 3.63) is 12.4 Å². The van der Waals surface area contributed by atoms with Crippen LogP contribution in [0.2, 0.25) is 0 Å². The molecule has 1 fully saturated rings. The third kappa shape index (κ3) is 2.79. The van der Waals surface area contributed by atoms with E-state index in [2.05, 4.69) is 15.3 Å². The van der Waals surface area contributed by atoms with Gasteiger partial charge in [0.25, 0.3) is 0 Å². The zero-order valence-corrected chi connectivity index (χ0v) is 8.85. The van der Waals surface area contributed by atoms with Gasteiger partial charge >= 0.3 is 0 Å². The van der Waals surface area contributed by atoms with Gasteiger partial charge in [-0.3, -0.25) is 0 Å². The molecule has 0 bridgehead atoms. The van der Waals surface area contributed by atoms with E-state index in [1.807, 2.05) is 18.0 Å². The zero-order chi connectivity index (χ0) is 10.7. The van der Waals surface area contributed by atoms with Crippen LogP contribution in [0.5, 0.6) is 0 Å². The van der Waals surface area contributed by atoms with Crippen LogP contribution < -0.4 is 10.2 Å². The number of rotatable bonds is 5. The van der Waals surface area contributed by atoms with E-state index in [4.69, 9.17) is 5.11 Å². The topological polar surface area (TPSA) is 61.3 Å². The Morgan fingerprint density at radius 3 is 3.00 bits per heavy atom. The maximum atomic E-state index is 8.82. The average molecular weight is 208 g/mol. The van der Waals surface area contributed by atoms with Gasteiger partial charge in [0, 0.05) is 25.7 Å². The summed E-state index contributed by atoms with van der Waals surface area (Å²) in [5, 5.41) is 12.1.